The van der Waals surface area contributed by atoms with Gasteiger partial charge in [0.1, 0.15) is 11.6 Å². The number of allylic oxidation sites excluding steroid dienone is 2. The number of Topliss-reactive ketones (excluding diaryl/α,β-unsaturated/α-hetero) is 1. The highest BCUT2D eigenvalue weighted by Gasteiger charge is 2.11. The summed E-state index contributed by atoms with van der Waals surface area (Å²) in [5.41, 5.74) is 6.41. The van der Waals surface area contributed by atoms with E-state index in [0.717, 1.165) is 4.90 Å². The highest BCUT2D eigenvalue weighted by Crippen LogP contribution is 2.21. The highest BCUT2D eigenvalue weighted by molar-refractivity contribution is 8.00. The molecule has 0 bridgehead atoms. The average molecular weight is 289 g/mol. The minimum atomic E-state index is -0.288. The van der Waals surface area contributed by atoms with Crippen molar-refractivity contribution in [1.82, 2.24) is 0 Å². The van der Waals surface area contributed by atoms with Crippen molar-refractivity contribution >= 4 is 29.1 Å². The second-order valence-corrected chi connectivity index (χ2v) is 5.14. The number of benzene rings is 1. The van der Waals surface area contributed by atoms with Crippen molar-refractivity contribution in [2.75, 3.05) is 11.1 Å². The number of ketones is 1. The maximum atomic E-state index is 11.8. The summed E-state index contributed by atoms with van der Waals surface area (Å²) in [6.45, 7) is 2.97. The van der Waals surface area contributed by atoms with Crippen molar-refractivity contribution < 1.29 is 9.59 Å². The molecule has 1 aromatic carbocycles. The fraction of sp³-hybridized carbons (Fsp3) is 0.214. The smallest absolute Gasteiger partial charge is 0.221 e. The Balaban J connectivity index is 2.63. The van der Waals surface area contributed by atoms with Crippen LogP contribution in [0.25, 0.3) is 0 Å². The van der Waals surface area contributed by atoms with Gasteiger partial charge in [0.25, 0.3) is 0 Å². The zero-order valence-electron chi connectivity index (χ0n) is 11.3. The van der Waals surface area contributed by atoms with Crippen LogP contribution in [-0.2, 0) is 9.59 Å². The predicted octanol–water partition coefficient (Wildman–Crippen LogP) is 2.06. The van der Waals surface area contributed by atoms with Crippen LogP contribution in [0.4, 0.5) is 5.69 Å². The summed E-state index contributed by atoms with van der Waals surface area (Å²) in [6, 6.07) is 8.92. The van der Waals surface area contributed by atoms with E-state index in [-0.39, 0.29) is 28.7 Å². The van der Waals surface area contributed by atoms with E-state index in [0.29, 0.717) is 5.69 Å². The number of hydrogen-bond acceptors (Lipinski definition) is 5. The van der Waals surface area contributed by atoms with E-state index in [1.165, 1.54) is 25.6 Å². The quantitative estimate of drug-likeness (QED) is 0.491. The Kier molecular flexibility index (Phi) is 5.81. The van der Waals surface area contributed by atoms with Gasteiger partial charge >= 0.3 is 0 Å². The largest absolute Gasteiger partial charge is 0.401 e. The van der Waals surface area contributed by atoms with Crippen LogP contribution in [0.5, 0.6) is 0 Å². The zero-order valence-corrected chi connectivity index (χ0v) is 12.1. The van der Waals surface area contributed by atoms with Crippen LogP contribution in [-0.4, -0.2) is 17.4 Å². The van der Waals surface area contributed by atoms with Gasteiger partial charge in [-0.1, -0.05) is 0 Å². The first-order chi connectivity index (χ1) is 9.43. The van der Waals surface area contributed by atoms with Crippen LogP contribution >= 0.6 is 11.8 Å². The third kappa shape index (κ3) is 4.78. The van der Waals surface area contributed by atoms with Gasteiger partial charge in [0.15, 0.2) is 5.78 Å². The molecule has 0 spiro atoms. The Morgan fingerprint density at radius 2 is 1.90 bits per heavy atom. The molecule has 0 aliphatic rings. The number of carbonyl (C=O) groups excluding carboxylic acids is 2. The molecule has 20 heavy (non-hydrogen) atoms. The maximum absolute atomic E-state index is 11.8. The van der Waals surface area contributed by atoms with Crippen molar-refractivity contribution in [3.8, 4) is 6.07 Å². The predicted molar refractivity (Wildman–Crippen MR) is 79.0 cm³/mol. The van der Waals surface area contributed by atoms with E-state index in [4.69, 9.17) is 11.0 Å². The number of rotatable bonds is 5. The Labute approximate surface area is 121 Å². The summed E-state index contributed by atoms with van der Waals surface area (Å²) in [6.07, 6.45) is 0. The monoisotopic (exact) mass is 289 g/mol. The van der Waals surface area contributed by atoms with Crippen molar-refractivity contribution in [3.05, 3.63) is 35.5 Å². The molecule has 104 valence electrons. The van der Waals surface area contributed by atoms with Crippen LogP contribution < -0.4 is 11.1 Å². The second kappa shape index (κ2) is 7.36. The lowest BCUT2D eigenvalue weighted by atomic mass is 10.2. The molecule has 0 heterocycles. The molecule has 0 unspecified atom stereocenters. The van der Waals surface area contributed by atoms with Gasteiger partial charge in [-0.05, 0) is 31.2 Å². The number of nitrogens with one attached hydrogen (secondary N) is 1. The first kappa shape index (κ1) is 15.8. The second-order valence-electron chi connectivity index (χ2n) is 4.09. The third-order valence-electron chi connectivity index (χ3n) is 2.33. The van der Waals surface area contributed by atoms with Gasteiger partial charge in [0.2, 0.25) is 5.91 Å². The van der Waals surface area contributed by atoms with Gasteiger partial charge in [-0.15, -0.1) is 11.8 Å². The fourth-order valence-electron chi connectivity index (χ4n) is 1.43. The van der Waals surface area contributed by atoms with Crippen LogP contribution in [0, 0.1) is 11.3 Å². The number of carbonyl (C=O) groups is 2. The van der Waals surface area contributed by atoms with Crippen molar-refractivity contribution in [2.24, 2.45) is 5.73 Å². The SMILES string of the molecule is CC(=O)Nc1ccc(SCC(=O)/C(C#N)=C(/C)N)cc1. The summed E-state index contributed by atoms with van der Waals surface area (Å²) in [4.78, 5) is 23.5. The summed E-state index contributed by atoms with van der Waals surface area (Å²) < 4.78 is 0. The maximum Gasteiger partial charge on any atom is 0.221 e. The molecular formula is C14H15N3O2S. The molecule has 3 N–H and O–H groups in total. The van der Waals surface area contributed by atoms with E-state index < -0.39 is 0 Å². The molecular weight excluding hydrogens is 274 g/mol. The Hall–Kier alpha value is -2.26. The summed E-state index contributed by atoms with van der Waals surface area (Å²) in [5.74, 6) is -0.275. The van der Waals surface area contributed by atoms with Crippen LogP contribution in [0.1, 0.15) is 13.8 Å². The van der Waals surface area contributed by atoms with Gasteiger partial charge in [-0.2, -0.15) is 5.26 Å². The lowest BCUT2D eigenvalue weighted by Gasteiger charge is -2.04. The first-order valence-corrected chi connectivity index (χ1v) is 6.82. The lowest BCUT2D eigenvalue weighted by Crippen LogP contribution is -2.10. The number of nitrogens with zero attached hydrogens (tertiary/aromatic N) is 1. The number of nitriles is 1. The van der Waals surface area contributed by atoms with Gasteiger partial charge in [-0.25, -0.2) is 0 Å². The van der Waals surface area contributed by atoms with E-state index in [2.05, 4.69) is 5.32 Å². The summed E-state index contributed by atoms with van der Waals surface area (Å²) in [7, 11) is 0. The molecule has 0 radical (unpaired) electrons. The molecule has 0 aliphatic heterocycles. The minimum Gasteiger partial charge on any atom is -0.401 e. The minimum absolute atomic E-state index is 0.00682. The summed E-state index contributed by atoms with van der Waals surface area (Å²) >= 11 is 1.31. The molecule has 1 rings (SSSR count). The van der Waals surface area contributed by atoms with Gasteiger partial charge in [0, 0.05) is 23.2 Å². The van der Waals surface area contributed by atoms with Gasteiger partial charge in [-0.3, -0.25) is 9.59 Å². The van der Waals surface area contributed by atoms with E-state index in [1.54, 1.807) is 24.3 Å². The average Bonchev–Trinajstić information content (AvgIpc) is 2.37. The number of amides is 1. The van der Waals surface area contributed by atoms with Gasteiger partial charge in [0.05, 0.1) is 5.75 Å². The normalized spacial score (nSPS) is 11.2. The third-order valence-corrected chi connectivity index (χ3v) is 3.34. The van der Waals surface area contributed by atoms with Crippen LogP contribution in [0.15, 0.2) is 40.4 Å². The molecule has 0 fully saturated rings. The molecule has 1 aromatic rings. The molecule has 6 heteroatoms. The molecule has 1 amide bonds. The zero-order chi connectivity index (χ0) is 15.1. The topological polar surface area (TPSA) is 96.0 Å². The van der Waals surface area contributed by atoms with Gasteiger partial charge < -0.3 is 11.1 Å². The number of anilines is 1. The van der Waals surface area contributed by atoms with E-state index >= 15 is 0 Å². The number of thioether (sulfide) groups is 1. The molecule has 0 aliphatic carbocycles. The van der Waals surface area contributed by atoms with E-state index in [9.17, 15) is 9.59 Å². The molecule has 0 atom stereocenters. The fourth-order valence-corrected chi connectivity index (χ4v) is 2.20. The van der Waals surface area contributed by atoms with Crippen LogP contribution in [0.2, 0.25) is 0 Å². The van der Waals surface area contributed by atoms with Crippen molar-refractivity contribution in [3.63, 3.8) is 0 Å². The molecule has 5 nitrogen and oxygen atoms in total. The highest BCUT2D eigenvalue weighted by atomic mass is 32.2. The summed E-state index contributed by atoms with van der Waals surface area (Å²) in [5, 5.41) is 11.5. The lowest BCUT2D eigenvalue weighted by molar-refractivity contribution is -0.114. The Morgan fingerprint density at radius 3 is 2.35 bits per heavy atom. The van der Waals surface area contributed by atoms with Crippen molar-refractivity contribution in [2.45, 2.75) is 18.7 Å². The molecule has 0 saturated heterocycles. The number of hydrogen-bond donors (Lipinski definition) is 2. The Morgan fingerprint density at radius 1 is 1.30 bits per heavy atom. The van der Waals surface area contributed by atoms with Crippen LogP contribution in [0.3, 0.4) is 0 Å². The van der Waals surface area contributed by atoms with E-state index in [1.807, 2.05) is 6.07 Å². The molecule has 0 aromatic heterocycles. The molecule has 0 saturated carbocycles. The van der Waals surface area contributed by atoms with Crippen molar-refractivity contribution in [1.29, 1.82) is 5.26 Å². The Bertz CT molecular complexity index is 581. The standard InChI is InChI=1S/C14H15N3O2S/c1-9(16)13(7-15)14(19)8-20-12-5-3-11(4-6-12)17-10(2)18/h3-6H,8,16H2,1-2H3,(H,17,18)/b13-9-. The number of nitrogens with two attached hydrogens (primary N) is 1. The first-order valence-electron chi connectivity index (χ1n) is 5.84.